The Balaban J connectivity index is 1.49. The maximum absolute atomic E-state index is 12.6. The number of carbonyl (C=O) groups is 2. The quantitative estimate of drug-likeness (QED) is 0.452. The highest BCUT2D eigenvalue weighted by atomic mass is 16.5. The van der Waals surface area contributed by atoms with E-state index in [0.29, 0.717) is 31.0 Å². The molecule has 30 heavy (non-hydrogen) atoms. The molecule has 0 aromatic heterocycles. The minimum atomic E-state index is -0.168. The summed E-state index contributed by atoms with van der Waals surface area (Å²) in [5.74, 6) is 1.39. The molecular weight excluding hydrogens is 376 g/mol. The normalized spacial score (nSPS) is 44.9. The average Bonchev–Trinajstić information content (AvgIpc) is 3.08. The second-order valence-electron chi connectivity index (χ2n) is 11.4. The predicted molar refractivity (Wildman–Crippen MR) is 114 cm³/mol. The van der Waals surface area contributed by atoms with Crippen LogP contribution in [0.4, 0.5) is 0 Å². The SMILES string of the molecule is CC(=O)OC[C@@]1(C)CCC[C@]2(C)[C@H]3CC[C@]4(C)C5=C(CC[C@H]4C3=CC[C@@H]12)COC5=O. The number of carbonyl (C=O) groups excluding carboxylic acids is 2. The summed E-state index contributed by atoms with van der Waals surface area (Å²) in [5.41, 5.74) is 4.17. The fourth-order valence-electron chi connectivity index (χ4n) is 8.45. The van der Waals surface area contributed by atoms with Gasteiger partial charge in [-0.3, -0.25) is 4.79 Å². The molecule has 4 aliphatic carbocycles. The number of esters is 2. The van der Waals surface area contributed by atoms with Crippen LogP contribution in [0.25, 0.3) is 0 Å². The van der Waals surface area contributed by atoms with Crippen LogP contribution in [0, 0.1) is 34.0 Å². The van der Waals surface area contributed by atoms with Crippen molar-refractivity contribution in [2.45, 2.75) is 79.1 Å². The van der Waals surface area contributed by atoms with E-state index in [1.807, 2.05) is 0 Å². The van der Waals surface area contributed by atoms with Gasteiger partial charge in [0.05, 0.1) is 6.61 Å². The van der Waals surface area contributed by atoms with Gasteiger partial charge >= 0.3 is 11.9 Å². The van der Waals surface area contributed by atoms with E-state index in [9.17, 15) is 9.59 Å². The highest BCUT2D eigenvalue weighted by molar-refractivity contribution is 5.93. The number of allylic oxidation sites excluding steroid dienone is 2. The Morgan fingerprint density at radius 3 is 2.73 bits per heavy atom. The minimum Gasteiger partial charge on any atom is -0.465 e. The van der Waals surface area contributed by atoms with E-state index < -0.39 is 0 Å². The molecule has 0 aromatic carbocycles. The molecule has 0 saturated heterocycles. The zero-order valence-electron chi connectivity index (χ0n) is 19.0. The summed E-state index contributed by atoms with van der Waals surface area (Å²) in [6, 6.07) is 0. The van der Waals surface area contributed by atoms with E-state index in [1.54, 1.807) is 5.57 Å². The van der Waals surface area contributed by atoms with Crippen LogP contribution in [-0.2, 0) is 19.1 Å². The molecule has 0 aromatic rings. The molecule has 0 amide bonds. The summed E-state index contributed by atoms with van der Waals surface area (Å²) in [6.45, 7) is 9.77. The van der Waals surface area contributed by atoms with Crippen LogP contribution in [0.1, 0.15) is 79.1 Å². The zero-order valence-corrected chi connectivity index (χ0v) is 19.0. The Morgan fingerprint density at radius 1 is 1.17 bits per heavy atom. The molecule has 4 heteroatoms. The lowest BCUT2D eigenvalue weighted by atomic mass is 9.43. The monoisotopic (exact) mass is 412 g/mol. The van der Waals surface area contributed by atoms with Crippen molar-refractivity contribution in [1.29, 1.82) is 0 Å². The maximum Gasteiger partial charge on any atom is 0.334 e. The topological polar surface area (TPSA) is 52.6 Å². The van der Waals surface area contributed by atoms with Crippen molar-refractivity contribution in [3.05, 3.63) is 22.8 Å². The van der Waals surface area contributed by atoms with Crippen LogP contribution in [0.2, 0.25) is 0 Å². The van der Waals surface area contributed by atoms with E-state index in [2.05, 4.69) is 26.8 Å². The van der Waals surface area contributed by atoms with Crippen molar-refractivity contribution < 1.29 is 19.1 Å². The number of cyclic esters (lactones) is 1. The molecule has 1 aliphatic heterocycles. The van der Waals surface area contributed by atoms with Gasteiger partial charge in [0.1, 0.15) is 6.61 Å². The molecule has 0 unspecified atom stereocenters. The van der Waals surface area contributed by atoms with Crippen molar-refractivity contribution >= 4 is 11.9 Å². The second kappa shape index (κ2) is 6.71. The molecule has 2 saturated carbocycles. The Morgan fingerprint density at radius 2 is 1.97 bits per heavy atom. The average molecular weight is 413 g/mol. The third kappa shape index (κ3) is 2.71. The Kier molecular flexibility index (Phi) is 4.55. The van der Waals surface area contributed by atoms with Gasteiger partial charge in [0, 0.05) is 23.3 Å². The summed E-state index contributed by atoms with van der Waals surface area (Å²) >= 11 is 0. The number of fused-ring (bicyclic) bond motifs is 6. The number of hydrogen-bond donors (Lipinski definition) is 0. The van der Waals surface area contributed by atoms with Crippen molar-refractivity contribution in [1.82, 2.24) is 0 Å². The highest BCUT2D eigenvalue weighted by Gasteiger charge is 2.60. The van der Waals surface area contributed by atoms with Crippen LogP contribution in [-0.4, -0.2) is 25.2 Å². The summed E-state index contributed by atoms with van der Waals surface area (Å²) < 4.78 is 11.0. The molecular formula is C26H36O4. The maximum atomic E-state index is 12.6. The Hall–Kier alpha value is -1.58. The summed E-state index contributed by atoms with van der Waals surface area (Å²) in [4.78, 5) is 24.1. The van der Waals surface area contributed by atoms with Crippen LogP contribution in [0.5, 0.6) is 0 Å². The fourth-order valence-corrected chi connectivity index (χ4v) is 8.45. The van der Waals surface area contributed by atoms with Crippen LogP contribution >= 0.6 is 0 Å². The minimum absolute atomic E-state index is 0.0530. The molecule has 0 spiro atoms. The number of hydrogen-bond acceptors (Lipinski definition) is 4. The lowest BCUT2D eigenvalue weighted by molar-refractivity contribution is -0.152. The molecule has 0 radical (unpaired) electrons. The fraction of sp³-hybridized carbons (Fsp3) is 0.769. The molecule has 164 valence electrons. The molecule has 5 aliphatic rings. The van der Waals surface area contributed by atoms with Gasteiger partial charge in [0.25, 0.3) is 0 Å². The standard InChI is InChI=1S/C26H36O4/c1-16(27)30-15-24(2)11-5-12-25(3)20-10-13-26(4)19(18(20)7-9-21(24)25)8-6-17-14-29-23(28)22(17)26/h7,19-21H,5-6,8-15H2,1-4H3/t19-,20-,21-,24+,25+,26-/m0/s1. The van der Waals surface area contributed by atoms with Gasteiger partial charge in [-0.25, -0.2) is 4.79 Å². The lowest BCUT2D eigenvalue weighted by Crippen LogP contribution is -2.55. The van der Waals surface area contributed by atoms with E-state index >= 15 is 0 Å². The highest BCUT2D eigenvalue weighted by Crippen LogP contribution is 2.67. The lowest BCUT2D eigenvalue weighted by Gasteiger charge is -2.62. The van der Waals surface area contributed by atoms with Gasteiger partial charge in [-0.05, 0) is 73.7 Å². The van der Waals surface area contributed by atoms with Gasteiger partial charge in [-0.15, -0.1) is 0 Å². The van der Waals surface area contributed by atoms with Gasteiger partial charge in [0.2, 0.25) is 0 Å². The van der Waals surface area contributed by atoms with Crippen molar-refractivity contribution in [2.24, 2.45) is 34.0 Å². The van der Waals surface area contributed by atoms with Gasteiger partial charge in [-0.1, -0.05) is 38.8 Å². The number of rotatable bonds is 2. The summed E-state index contributed by atoms with van der Waals surface area (Å²) in [6.07, 6.45) is 11.6. The predicted octanol–water partition coefficient (Wildman–Crippen LogP) is 5.37. The van der Waals surface area contributed by atoms with E-state index in [4.69, 9.17) is 9.47 Å². The third-order valence-corrected chi connectivity index (χ3v) is 9.86. The van der Waals surface area contributed by atoms with Gasteiger partial charge in [-0.2, -0.15) is 0 Å². The first kappa shape index (κ1) is 20.3. The molecule has 0 N–H and O–H groups in total. The summed E-state index contributed by atoms with van der Waals surface area (Å²) in [7, 11) is 0. The van der Waals surface area contributed by atoms with Crippen molar-refractivity contribution in [3.8, 4) is 0 Å². The van der Waals surface area contributed by atoms with Crippen LogP contribution in [0.3, 0.4) is 0 Å². The van der Waals surface area contributed by atoms with Gasteiger partial charge in [0.15, 0.2) is 0 Å². The van der Waals surface area contributed by atoms with Gasteiger partial charge < -0.3 is 9.47 Å². The second-order valence-corrected chi connectivity index (χ2v) is 11.4. The Bertz CT molecular complexity index is 853. The zero-order chi connectivity index (χ0) is 21.3. The molecule has 0 bridgehead atoms. The first-order valence-corrected chi connectivity index (χ1v) is 11.9. The third-order valence-electron chi connectivity index (χ3n) is 9.86. The van der Waals surface area contributed by atoms with E-state index in [1.165, 1.54) is 25.3 Å². The van der Waals surface area contributed by atoms with E-state index in [0.717, 1.165) is 44.1 Å². The van der Waals surface area contributed by atoms with Crippen molar-refractivity contribution in [3.63, 3.8) is 0 Å². The molecule has 6 atom stereocenters. The molecule has 5 rings (SSSR count). The Labute approximate surface area is 180 Å². The number of ether oxygens (including phenoxy) is 2. The van der Waals surface area contributed by atoms with E-state index in [-0.39, 0.29) is 28.2 Å². The van der Waals surface area contributed by atoms with Crippen LogP contribution < -0.4 is 0 Å². The first-order chi connectivity index (χ1) is 14.2. The summed E-state index contributed by atoms with van der Waals surface area (Å²) in [5, 5.41) is 0. The molecule has 4 nitrogen and oxygen atoms in total. The largest absolute Gasteiger partial charge is 0.465 e. The van der Waals surface area contributed by atoms with Crippen LogP contribution in [0.15, 0.2) is 22.8 Å². The first-order valence-electron chi connectivity index (χ1n) is 11.9. The molecule has 2 fully saturated rings. The smallest absolute Gasteiger partial charge is 0.334 e. The molecule has 1 heterocycles. The van der Waals surface area contributed by atoms with Crippen molar-refractivity contribution in [2.75, 3.05) is 13.2 Å².